The third-order valence-corrected chi connectivity index (χ3v) is 2.96. The van der Waals surface area contributed by atoms with E-state index in [-0.39, 0.29) is 12.3 Å². The number of hydrogen-bond donors (Lipinski definition) is 1. The van der Waals surface area contributed by atoms with Crippen molar-refractivity contribution in [3.8, 4) is 11.5 Å². The Balaban J connectivity index is 2.15. The number of ether oxygens (including phenoxy) is 2. The Morgan fingerprint density at radius 1 is 1.50 bits per heavy atom. The summed E-state index contributed by atoms with van der Waals surface area (Å²) in [7, 11) is 0. The molecule has 18 heavy (non-hydrogen) atoms. The van der Waals surface area contributed by atoms with Crippen LogP contribution in [-0.4, -0.2) is 24.0 Å². The maximum atomic E-state index is 12.0. The van der Waals surface area contributed by atoms with Crippen molar-refractivity contribution < 1.29 is 19.0 Å². The molecule has 1 aromatic carbocycles. The maximum absolute atomic E-state index is 12.0. The Bertz CT molecular complexity index is 418. The Morgan fingerprint density at radius 2 is 2.28 bits per heavy atom. The monoisotopic (exact) mass is 254 g/mol. The molecule has 0 fully saturated rings. The van der Waals surface area contributed by atoms with Gasteiger partial charge in [0.1, 0.15) is 17.1 Å². The van der Waals surface area contributed by atoms with Crippen LogP contribution in [0.15, 0.2) is 18.2 Å². The van der Waals surface area contributed by atoms with E-state index in [0.29, 0.717) is 30.9 Å². The molecule has 1 aliphatic rings. The van der Waals surface area contributed by atoms with Crippen LogP contribution in [0.1, 0.15) is 38.4 Å². The summed E-state index contributed by atoms with van der Waals surface area (Å²) in [4.78, 5) is 0. The minimum absolute atomic E-state index is 0.348. The summed E-state index contributed by atoms with van der Waals surface area (Å²) in [6.07, 6.45) is 0.442. The van der Waals surface area contributed by atoms with Gasteiger partial charge in [-0.3, -0.25) is 4.39 Å². The second-order valence-corrected chi connectivity index (χ2v) is 5.17. The van der Waals surface area contributed by atoms with Crippen molar-refractivity contribution in [3.05, 3.63) is 23.8 Å². The van der Waals surface area contributed by atoms with E-state index < -0.39 is 6.10 Å². The smallest absolute Gasteiger partial charge is 0.129 e. The summed E-state index contributed by atoms with van der Waals surface area (Å²) in [5, 5.41) is 10.0. The summed E-state index contributed by atoms with van der Waals surface area (Å²) >= 11 is 0. The van der Waals surface area contributed by atoms with E-state index in [1.807, 2.05) is 13.8 Å². The van der Waals surface area contributed by atoms with Crippen LogP contribution in [0.4, 0.5) is 4.39 Å². The average Bonchev–Trinajstić information content (AvgIpc) is 2.27. The Kier molecular flexibility index (Phi) is 3.76. The van der Waals surface area contributed by atoms with Crippen molar-refractivity contribution in [2.45, 2.75) is 38.4 Å². The van der Waals surface area contributed by atoms with Crippen LogP contribution in [0.2, 0.25) is 0 Å². The van der Waals surface area contributed by atoms with Gasteiger partial charge in [-0.05, 0) is 26.0 Å². The van der Waals surface area contributed by atoms with Gasteiger partial charge in [0.2, 0.25) is 0 Å². The molecule has 3 nitrogen and oxygen atoms in total. The number of hydrogen-bond acceptors (Lipinski definition) is 3. The van der Waals surface area contributed by atoms with Gasteiger partial charge in [0.15, 0.2) is 0 Å². The molecule has 0 saturated heterocycles. The second kappa shape index (κ2) is 5.14. The number of aliphatic hydroxyl groups is 1. The highest BCUT2D eigenvalue weighted by Gasteiger charge is 2.32. The van der Waals surface area contributed by atoms with Gasteiger partial charge >= 0.3 is 0 Å². The standard InChI is InChI=1S/C14H19FO3/c1-14(2)9-12(16)11-5-4-10(8-13(11)18-14)17-7-3-6-15/h4-5,8,12,16H,3,6-7,9H2,1-2H3. The summed E-state index contributed by atoms with van der Waals surface area (Å²) in [6, 6.07) is 5.35. The first-order valence-corrected chi connectivity index (χ1v) is 6.22. The van der Waals surface area contributed by atoms with Crippen LogP contribution in [0.5, 0.6) is 11.5 Å². The van der Waals surface area contributed by atoms with Crippen LogP contribution in [0.3, 0.4) is 0 Å². The van der Waals surface area contributed by atoms with E-state index in [9.17, 15) is 9.50 Å². The quantitative estimate of drug-likeness (QED) is 0.839. The highest BCUT2D eigenvalue weighted by Crippen LogP contribution is 2.40. The molecule has 1 aromatic rings. The van der Waals surface area contributed by atoms with Gasteiger partial charge in [0, 0.05) is 24.5 Å². The highest BCUT2D eigenvalue weighted by molar-refractivity contribution is 5.43. The molecule has 0 aliphatic carbocycles. The molecule has 100 valence electrons. The minimum Gasteiger partial charge on any atom is -0.493 e. The van der Waals surface area contributed by atoms with Gasteiger partial charge < -0.3 is 14.6 Å². The number of halogens is 1. The molecule has 1 heterocycles. The molecular weight excluding hydrogens is 235 g/mol. The number of alkyl halides is 1. The van der Waals surface area contributed by atoms with Crippen molar-refractivity contribution >= 4 is 0 Å². The van der Waals surface area contributed by atoms with E-state index >= 15 is 0 Å². The van der Waals surface area contributed by atoms with Crippen LogP contribution in [-0.2, 0) is 0 Å². The third kappa shape index (κ3) is 2.93. The van der Waals surface area contributed by atoms with Gasteiger partial charge in [0.05, 0.1) is 19.4 Å². The summed E-state index contributed by atoms with van der Waals surface area (Å²) in [6.45, 7) is 3.85. The molecule has 2 rings (SSSR count). The molecule has 1 unspecified atom stereocenters. The molecular formula is C14H19FO3. The molecule has 4 heteroatoms. The third-order valence-electron chi connectivity index (χ3n) is 2.96. The molecule has 0 saturated carbocycles. The molecule has 0 amide bonds. The SMILES string of the molecule is CC1(C)CC(O)c2ccc(OCCCF)cc2O1. The predicted molar refractivity (Wildman–Crippen MR) is 66.8 cm³/mol. The largest absolute Gasteiger partial charge is 0.493 e. The normalized spacial score (nSPS) is 21.0. The summed E-state index contributed by atoms with van der Waals surface area (Å²) in [5.41, 5.74) is 0.399. The molecule has 0 spiro atoms. The van der Waals surface area contributed by atoms with E-state index in [0.717, 1.165) is 5.56 Å². The zero-order valence-corrected chi connectivity index (χ0v) is 10.8. The molecule has 1 N–H and O–H groups in total. The van der Waals surface area contributed by atoms with Crippen LogP contribution in [0.25, 0.3) is 0 Å². The van der Waals surface area contributed by atoms with Gasteiger partial charge in [0.25, 0.3) is 0 Å². The van der Waals surface area contributed by atoms with Crippen molar-refractivity contribution in [1.82, 2.24) is 0 Å². The molecule has 0 aromatic heterocycles. The fourth-order valence-electron chi connectivity index (χ4n) is 2.13. The lowest BCUT2D eigenvalue weighted by atomic mass is 9.92. The molecule has 0 bridgehead atoms. The lowest BCUT2D eigenvalue weighted by molar-refractivity contribution is 0.0113. The van der Waals surface area contributed by atoms with Crippen molar-refractivity contribution in [1.29, 1.82) is 0 Å². The van der Waals surface area contributed by atoms with E-state index in [2.05, 4.69) is 0 Å². The van der Waals surface area contributed by atoms with Crippen LogP contribution >= 0.6 is 0 Å². The van der Waals surface area contributed by atoms with Gasteiger partial charge in [-0.15, -0.1) is 0 Å². The van der Waals surface area contributed by atoms with Gasteiger partial charge in [-0.2, -0.15) is 0 Å². The summed E-state index contributed by atoms with van der Waals surface area (Å²) in [5.74, 6) is 1.29. The zero-order chi connectivity index (χ0) is 13.2. The number of rotatable bonds is 4. The first-order valence-electron chi connectivity index (χ1n) is 6.22. The van der Waals surface area contributed by atoms with Crippen molar-refractivity contribution in [2.75, 3.05) is 13.3 Å². The van der Waals surface area contributed by atoms with Crippen LogP contribution < -0.4 is 9.47 Å². The topological polar surface area (TPSA) is 38.7 Å². The molecule has 1 atom stereocenters. The Morgan fingerprint density at radius 3 is 3.00 bits per heavy atom. The van der Waals surface area contributed by atoms with Crippen LogP contribution in [0, 0.1) is 0 Å². The lowest BCUT2D eigenvalue weighted by Crippen LogP contribution is -2.34. The Hall–Kier alpha value is -1.29. The lowest BCUT2D eigenvalue weighted by Gasteiger charge is -2.35. The number of fused-ring (bicyclic) bond motifs is 1. The average molecular weight is 254 g/mol. The van der Waals surface area contributed by atoms with E-state index in [1.165, 1.54) is 0 Å². The molecule has 1 aliphatic heterocycles. The summed E-state index contributed by atoms with van der Waals surface area (Å²) < 4.78 is 23.2. The maximum Gasteiger partial charge on any atom is 0.129 e. The first kappa shape index (κ1) is 13.1. The second-order valence-electron chi connectivity index (χ2n) is 5.17. The Labute approximate surface area is 107 Å². The van der Waals surface area contributed by atoms with E-state index in [1.54, 1.807) is 18.2 Å². The molecule has 0 radical (unpaired) electrons. The van der Waals surface area contributed by atoms with Gasteiger partial charge in [-0.1, -0.05) is 0 Å². The van der Waals surface area contributed by atoms with Crippen molar-refractivity contribution in [3.63, 3.8) is 0 Å². The highest BCUT2D eigenvalue weighted by atomic mass is 19.1. The van der Waals surface area contributed by atoms with E-state index in [4.69, 9.17) is 9.47 Å². The predicted octanol–water partition coefficient (Wildman–Crippen LogP) is 3.02. The number of benzene rings is 1. The number of aliphatic hydroxyl groups excluding tert-OH is 1. The van der Waals surface area contributed by atoms with Crippen molar-refractivity contribution in [2.24, 2.45) is 0 Å². The minimum atomic E-state index is -0.511. The fraction of sp³-hybridized carbons (Fsp3) is 0.571. The zero-order valence-electron chi connectivity index (χ0n) is 10.8. The fourth-order valence-corrected chi connectivity index (χ4v) is 2.13. The van der Waals surface area contributed by atoms with Gasteiger partial charge in [-0.25, -0.2) is 0 Å². The first-order chi connectivity index (χ1) is 8.52.